The van der Waals surface area contributed by atoms with E-state index >= 15 is 0 Å². The minimum Gasteiger partial charge on any atom is -0.475 e. The van der Waals surface area contributed by atoms with Gasteiger partial charge in [-0.2, -0.15) is 0 Å². The Labute approximate surface area is 242 Å². The van der Waals surface area contributed by atoms with E-state index in [0.717, 1.165) is 21.7 Å². The largest absolute Gasteiger partial charge is 0.475 e. The fourth-order valence-corrected chi connectivity index (χ4v) is 4.76. The second-order valence-electron chi connectivity index (χ2n) is 9.70. The van der Waals surface area contributed by atoms with E-state index in [2.05, 4.69) is 20.9 Å². The zero-order valence-corrected chi connectivity index (χ0v) is 23.1. The smallest absolute Gasteiger partial charge is 0.264 e. The molecular weight excluding hydrogens is 538 g/mol. The third-order valence-corrected chi connectivity index (χ3v) is 6.93. The van der Waals surface area contributed by atoms with Crippen LogP contribution in [0.4, 0.5) is 11.4 Å². The summed E-state index contributed by atoms with van der Waals surface area (Å²) in [6.45, 7) is 1.36. The summed E-state index contributed by atoms with van der Waals surface area (Å²) < 4.78 is 11.3. The Morgan fingerprint density at radius 2 is 1.74 bits per heavy atom. The molecule has 2 aliphatic heterocycles. The molecule has 11 heteroatoms. The van der Waals surface area contributed by atoms with Crippen LogP contribution < -0.4 is 20.7 Å². The number of benzene rings is 2. The van der Waals surface area contributed by atoms with E-state index in [4.69, 9.17) is 9.47 Å². The summed E-state index contributed by atoms with van der Waals surface area (Å²) in [6, 6.07) is 15.8. The maximum atomic E-state index is 13.1. The van der Waals surface area contributed by atoms with Crippen LogP contribution in [-0.4, -0.2) is 73.0 Å². The molecule has 4 amide bonds. The van der Waals surface area contributed by atoms with Gasteiger partial charge in [0.15, 0.2) is 0 Å². The molecule has 2 aliphatic rings. The highest BCUT2D eigenvalue weighted by atomic mass is 16.5. The molecule has 3 N–H and O–H groups in total. The minimum atomic E-state index is -1.00. The van der Waals surface area contributed by atoms with Crippen molar-refractivity contribution in [2.45, 2.75) is 18.9 Å². The molecule has 1 unspecified atom stereocenters. The molecule has 216 valence electrons. The number of hydrogen-bond donors (Lipinski definition) is 3. The fourth-order valence-electron chi connectivity index (χ4n) is 4.76. The number of imide groups is 2. The quantitative estimate of drug-likeness (QED) is 0.222. The highest BCUT2D eigenvalue weighted by molar-refractivity contribution is 6.25. The summed E-state index contributed by atoms with van der Waals surface area (Å²) in [5.41, 5.74) is 4.02. The normalized spacial score (nSPS) is 16.5. The van der Waals surface area contributed by atoms with Crippen molar-refractivity contribution in [3.05, 3.63) is 83.0 Å². The maximum Gasteiger partial charge on any atom is 0.264 e. The van der Waals surface area contributed by atoms with E-state index < -0.39 is 29.7 Å². The molecule has 5 rings (SSSR count). The molecule has 3 heterocycles. The highest BCUT2D eigenvalue weighted by Crippen LogP contribution is 2.32. The zero-order chi connectivity index (χ0) is 29.5. The number of nitrogens with zero attached hydrogens (tertiary/aromatic N) is 2. The zero-order valence-electron chi connectivity index (χ0n) is 23.1. The molecule has 1 atom stereocenters. The Morgan fingerprint density at radius 1 is 0.952 bits per heavy atom. The van der Waals surface area contributed by atoms with Crippen molar-refractivity contribution in [3.63, 3.8) is 0 Å². The Morgan fingerprint density at radius 3 is 2.48 bits per heavy atom. The van der Waals surface area contributed by atoms with Crippen molar-refractivity contribution >= 4 is 47.2 Å². The molecule has 42 heavy (non-hydrogen) atoms. The van der Waals surface area contributed by atoms with Gasteiger partial charge < -0.3 is 20.1 Å². The van der Waals surface area contributed by atoms with Crippen LogP contribution in [0.2, 0.25) is 0 Å². The number of amides is 4. The first-order chi connectivity index (χ1) is 20.4. The van der Waals surface area contributed by atoms with Crippen molar-refractivity contribution in [3.8, 4) is 5.88 Å². The van der Waals surface area contributed by atoms with Gasteiger partial charge in [-0.25, -0.2) is 4.98 Å². The Balaban J connectivity index is 1.04. The average molecular weight is 570 g/mol. The maximum absolute atomic E-state index is 13.1. The van der Waals surface area contributed by atoms with E-state index in [9.17, 15) is 19.2 Å². The van der Waals surface area contributed by atoms with Crippen LogP contribution >= 0.6 is 0 Å². The van der Waals surface area contributed by atoms with Crippen LogP contribution in [-0.2, 0) is 14.3 Å². The summed E-state index contributed by atoms with van der Waals surface area (Å²) in [5, 5.41) is 8.43. The number of fused-ring (bicyclic) bond motifs is 1. The molecule has 11 nitrogen and oxygen atoms in total. The van der Waals surface area contributed by atoms with Gasteiger partial charge in [0.1, 0.15) is 12.6 Å². The van der Waals surface area contributed by atoms with E-state index in [1.165, 1.54) is 0 Å². The van der Waals surface area contributed by atoms with Gasteiger partial charge in [0.25, 0.3) is 11.8 Å². The first-order valence-electron chi connectivity index (χ1n) is 13.7. The molecule has 2 aromatic carbocycles. The number of piperidine rings is 1. The molecule has 0 bridgehead atoms. The second kappa shape index (κ2) is 13.1. The van der Waals surface area contributed by atoms with Gasteiger partial charge >= 0.3 is 0 Å². The second-order valence-corrected chi connectivity index (χ2v) is 9.70. The van der Waals surface area contributed by atoms with Gasteiger partial charge in [0.2, 0.25) is 17.7 Å². The molecule has 0 spiro atoms. The van der Waals surface area contributed by atoms with Crippen molar-refractivity contribution < 1.29 is 28.7 Å². The van der Waals surface area contributed by atoms with Gasteiger partial charge in [0, 0.05) is 43.7 Å². The van der Waals surface area contributed by atoms with Gasteiger partial charge in [-0.1, -0.05) is 30.4 Å². The number of aromatic nitrogens is 1. The van der Waals surface area contributed by atoms with Crippen LogP contribution in [0.5, 0.6) is 5.88 Å². The first-order valence-corrected chi connectivity index (χ1v) is 13.7. The first kappa shape index (κ1) is 28.5. The number of nitrogens with one attached hydrogen (secondary N) is 3. The molecule has 0 saturated carbocycles. The summed E-state index contributed by atoms with van der Waals surface area (Å²) in [5.74, 6) is -1.65. The van der Waals surface area contributed by atoms with Gasteiger partial charge in [-0.3, -0.25) is 29.4 Å². The van der Waals surface area contributed by atoms with Crippen LogP contribution in [0.3, 0.4) is 0 Å². The summed E-state index contributed by atoms with van der Waals surface area (Å²) in [4.78, 5) is 55.1. The van der Waals surface area contributed by atoms with Gasteiger partial charge in [0.05, 0.1) is 24.3 Å². The van der Waals surface area contributed by atoms with Crippen LogP contribution in [0, 0.1) is 0 Å². The predicted octanol–water partition coefficient (Wildman–Crippen LogP) is 3.20. The number of rotatable bonds is 12. The van der Waals surface area contributed by atoms with Crippen LogP contribution in [0.15, 0.2) is 60.8 Å². The Bertz CT molecular complexity index is 1500. The monoisotopic (exact) mass is 569 g/mol. The number of pyridine rings is 1. The lowest BCUT2D eigenvalue weighted by Gasteiger charge is -2.27. The van der Waals surface area contributed by atoms with Crippen molar-refractivity contribution in [2.75, 3.05) is 44.0 Å². The predicted molar refractivity (Wildman–Crippen MR) is 157 cm³/mol. The highest BCUT2D eigenvalue weighted by Gasteiger charge is 2.45. The lowest BCUT2D eigenvalue weighted by molar-refractivity contribution is -0.136. The van der Waals surface area contributed by atoms with Gasteiger partial charge in [-0.05, 0) is 47.9 Å². The topological polar surface area (TPSA) is 139 Å². The van der Waals surface area contributed by atoms with E-state index in [1.807, 2.05) is 49.5 Å². The molecule has 1 aromatic heterocycles. The minimum absolute atomic E-state index is 0.0711. The third kappa shape index (κ3) is 6.47. The van der Waals surface area contributed by atoms with Crippen molar-refractivity contribution in [1.29, 1.82) is 0 Å². The molecular formula is C31H31N5O6. The molecule has 0 aliphatic carbocycles. The molecule has 0 radical (unpaired) electrons. The molecule has 1 fully saturated rings. The van der Waals surface area contributed by atoms with Crippen LogP contribution in [0.1, 0.15) is 44.7 Å². The SMILES string of the molecule is CNc1ccc(/C=C/c2ccc(OCCOCCNc3cccc4c3C(=O)N(C3CCC(=O)NC3=O)C4=O)nc2)cc1. The van der Waals surface area contributed by atoms with E-state index in [0.29, 0.717) is 37.9 Å². The standard InChI is InChI=1S/C31H31N5O6/c1-32-22-10-7-20(8-11-22)5-6-21-9-14-27(34-19-21)42-18-17-41-16-15-33-24-4-2-3-23-28(24)31(40)36(30(23)39)25-12-13-26(37)35-29(25)38/h2-11,14,19,25,32-33H,12-13,15-18H2,1H3,(H,35,37,38)/b6-5+. The fraction of sp³-hybridized carbons (Fsp3) is 0.258. The van der Waals surface area contributed by atoms with E-state index in [-0.39, 0.29) is 24.0 Å². The van der Waals surface area contributed by atoms with Crippen molar-refractivity contribution in [2.24, 2.45) is 0 Å². The summed E-state index contributed by atoms with van der Waals surface area (Å²) >= 11 is 0. The molecule has 3 aromatic rings. The Kier molecular flexibility index (Phi) is 8.88. The lowest BCUT2D eigenvalue weighted by atomic mass is 10.0. The number of hydrogen-bond acceptors (Lipinski definition) is 9. The summed E-state index contributed by atoms with van der Waals surface area (Å²) in [7, 11) is 1.89. The van der Waals surface area contributed by atoms with Crippen LogP contribution in [0.25, 0.3) is 12.2 Å². The number of ether oxygens (including phenoxy) is 2. The lowest BCUT2D eigenvalue weighted by Crippen LogP contribution is -2.54. The van der Waals surface area contributed by atoms with Gasteiger partial charge in [-0.15, -0.1) is 0 Å². The number of carbonyl (C=O) groups is 4. The summed E-state index contributed by atoms with van der Waals surface area (Å²) in [6.07, 6.45) is 5.92. The van der Waals surface area contributed by atoms with Crippen molar-refractivity contribution in [1.82, 2.24) is 15.2 Å². The van der Waals surface area contributed by atoms with E-state index in [1.54, 1.807) is 30.5 Å². The average Bonchev–Trinajstić information content (AvgIpc) is 3.26. The Hall–Kier alpha value is -5.03. The number of carbonyl (C=O) groups excluding carboxylic acids is 4. The third-order valence-electron chi connectivity index (χ3n) is 6.93. The number of anilines is 2. The molecule has 1 saturated heterocycles.